The van der Waals surface area contributed by atoms with Crippen LogP contribution in [0.5, 0.6) is 0 Å². The van der Waals surface area contributed by atoms with Crippen molar-refractivity contribution in [2.75, 3.05) is 49.5 Å². The molecule has 200 valence electrons. The van der Waals surface area contributed by atoms with Crippen molar-refractivity contribution in [3.63, 3.8) is 0 Å². The van der Waals surface area contributed by atoms with Gasteiger partial charge in [-0.15, -0.1) is 11.3 Å². The van der Waals surface area contributed by atoms with Gasteiger partial charge in [-0.25, -0.2) is 4.98 Å². The molecule has 8 nitrogen and oxygen atoms in total. The van der Waals surface area contributed by atoms with Crippen LogP contribution in [0.4, 0.5) is 10.8 Å². The summed E-state index contributed by atoms with van der Waals surface area (Å²) in [5.41, 5.74) is 3.64. The zero-order valence-corrected chi connectivity index (χ0v) is 23.0. The zero-order valence-electron chi connectivity index (χ0n) is 22.2. The molecular weight excluding hydrogens is 498 g/mol. The fraction of sp³-hybridized carbons (Fsp3) is 0.379. The van der Waals surface area contributed by atoms with Gasteiger partial charge in [0.2, 0.25) is 11.8 Å². The van der Waals surface area contributed by atoms with Crippen LogP contribution in [0.1, 0.15) is 35.5 Å². The Hall–Kier alpha value is -3.72. The molecule has 1 saturated heterocycles. The van der Waals surface area contributed by atoms with Gasteiger partial charge in [0.25, 0.3) is 5.91 Å². The van der Waals surface area contributed by atoms with E-state index in [1.165, 1.54) is 22.6 Å². The summed E-state index contributed by atoms with van der Waals surface area (Å²) in [4.78, 5) is 48.8. The molecule has 0 spiro atoms. The topological polar surface area (TPSA) is 85.9 Å². The monoisotopic (exact) mass is 533 g/mol. The number of para-hydroxylation sites is 1. The molecule has 1 N–H and O–H groups in total. The first-order valence-electron chi connectivity index (χ1n) is 13.0. The Morgan fingerprint density at radius 2 is 1.68 bits per heavy atom. The second-order valence-corrected chi connectivity index (χ2v) is 10.8. The summed E-state index contributed by atoms with van der Waals surface area (Å²) in [6.45, 7) is 9.46. The number of benzene rings is 2. The Balaban J connectivity index is 1.28. The number of aryl methyl sites for hydroxylation is 1. The van der Waals surface area contributed by atoms with Crippen molar-refractivity contribution in [3.05, 3.63) is 76.8 Å². The lowest BCUT2D eigenvalue weighted by Gasteiger charge is -2.36. The highest BCUT2D eigenvalue weighted by molar-refractivity contribution is 7.13. The van der Waals surface area contributed by atoms with E-state index in [0.717, 1.165) is 13.1 Å². The Labute approximate surface area is 228 Å². The number of carbonyl (C=O) groups is 3. The van der Waals surface area contributed by atoms with Gasteiger partial charge in [-0.1, -0.05) is 50.2 Å². The van der Waals surface area contributed by atoms with Crippen molar-refractivity contribution in [3.8, 4) is 0 Å². The molecule has 3 amide bonds. The first-order valence-corrected chi connectivity index (χ1v) is 13.8. The van der Waals surface area contributed by atoms with Crippen LogP contribution in [0.25, 0.3) is 0 Å². The molecule has 3 aromatic rings. The standard InChI is InChI=1S/C29H35N5O3S/c1-21(2)18-34(28(37)23-10-5-4-6-11-23)19-26(35)31-29-30-24(20-38-29)17-27(36)33-15-13-32(14-16-33)25-12-8-7-9-22(25)3/h4-12,20-21H,13-19H2,1-3H3,(H,30,31,35). The van der Waals surface area contributed by atoms with Crippen LogP contribution in [0.2, 0.25) is 0 Å². The first-order chi connectivity index (χ1) is 18.3. The van der Waals surface area contributed by atoms with E-state index in [9.17, 15) is 14.4 Å². The highest BCUT2D eigenvalue weighted by Gasteiger charge is 2.24. The fourth-order valence-corrected chi connectivity index (χ4v) is 5.31. The number of nitrogens with one attached hydrogen (secondary N) is 1. The fourth-order valence-electron chi connectivity index (χ4n) is 4.58. The number of rotatable bonds is 9. The average molecular weight is 534 g/mol. The van der Waals surface area contributed by atoms with Crippen LogP contribution in [0.3, 0.4) is 0 Å². The minimum absolute atomic E-state index is 0.0363. The summed E-state index contributed by atoms with van der Waals surface area (Å²) in [6.07, 6.45) is 0.197. The van der Waals surface area contributed by atoms with E-state index in [4.69, 9.17) is 0 Å². The largest absolute Gasteiger partial charge is 0.368 e. The number of nitrogens with zero attached hydrogens (tertiary/aromatic N) is 4. The maximum Gasteiger partial charge on any atom is 0.254 e. The Bertz CT molecular complexity index is 1250. The number of aromatic nitrogens is 1. The Morgan fingerprint density at radius 1 is 1.00 bits per heavy atom. The number of amides is 3. The lowest BCUT2D eigenvalue weighted by molar-refractivity contribution is -0.130. The molecule has 1 aromatic heterocycles. The number of thiazole rings is 1. The molecule has 1 fully saturated rings. The SMILES string of the molecule is Cc1ccccc1N1CCN(C(=O)Cc2csc(NC(=O)CN(CC(C)C)C(=O)c3ccccc3)n2)CC1. The van der Waals surface area contributed by atoms with Gasteiger partial charge in [-0.05, 0) is 36.6 Å². The van der Waals surface area contributed by atoms with Crippen molar-refractivity contribution < 1.29 is 14.4 Å². The van der Waals surface area contributed by atoms with Gasteiger partial charge in [0, 0.05) is 49.4 Å². The van der Waals surface area contributed by atoms with E-state index < -0.39 is 0 Å². The summed E-state index contributed by atoms with van der Waals surface area (Å²) in [5, 5.41) is 5.03. The Kier molecular flexibility index (Phi) is 9.12. The maximum absolute atomic E-state index is 12.9. The van der Waals surface area contributed by atoms with Gasteiger partial charge < -0.3 is 20.0 Å². The Morgan fingerprint density at radius 3 is 2.37 bits per heavy atom. The van der Waals surface area contributed by atoms with Crippen LogP contribution in [-0.2, 0) is 16.0 Å². The van der Waals surface area contributed by atoms with Crippen molar-refractivity contribution in [2.24, 2.45) is 5.92 Å². The van der Waals surface area contributed by atoms with E-state index in [1.807, 2.05) is 49.1 Å². The first kappa shape index (κ1) is 27.3. The molecule has 0 radical (unpaired) electrons. The summed E-state index contributed by atoms with van der Waals surface area (Å²) < 4.78 is 0. The quantitative estimate of drug-likeness (QED) is 0.448. The van der Waals surface area contributed by atoms with Crippen LogP contribution in [0.15, 0.2) is 60.0 Å². The second-order valence-electron chi connectivity index (χ2n) is 9.97. The number of carbonyl (C=O) groups excluding carboxylic acids is 3. The number of piperazine rings is 1. The number of anilines is 2. The lowest BCUT2D eigenvalue weighted by atomic mass is 10.1. The molecule has 2 aromatic carbocycles. The van der Waals surface area contributed by atoms with Gasteiger partial charge in [0.05, 0.1) is 12.1 Å². The molecule has 1 aliphatic heterocycles. The van der Waals surface area contributed by atoms with Gasteiger partial charge in [0.15, 0.2) is 5.13 Å². The van der Waals surface area contributed by atoms with Gasteiger partial charge >= 0.3 is 0 Å². The summed E-state index contributed by atoms with van der Waals surface area (Å²) in [6, 6.07) is 17.3. The van der Waals surface area contributed by atoms with E-state index in [1.54, 1.807) is 22.4 Å². The smallest absolute Gasteiger partial charge is 0.254 e. The predicted octanol–water partition coefficient (Wildman–Crippen LogP) is 4.08. The van der Waals surface area contributed by atoms with Crippen LogP contribution in [-0.4, -0.2) is 71.8 Å². The highest BCUT2D eigenvalue weighted by atomic mass is 32.1. The van der Waals surface area contributed by atoms with Crippen molar-refractivity contribution in [1.82, 2.24) is 14.8 Å². The van der Waals surface area contributed by atoms with Crippen molar-refractivity contribution in [1.29, 1.82) is 0 Å². The summed E-state index contributed by atoms with van der Waals surface area (Å²) >= 11 is 1.29. The summed E-state index contributed by atoms with van der Waals surface area (Å²) in [7, 11) is 0. The minimum Gasteiger partial charge on any atom is -0.368 e. The number of hydrogen-bond donors (Lipinski definition) is 1. The molecular formula is C29H35N5O3S. The molecule has 0 saturated carbocycles. The third-order valence-corrected chi connectivity index (χ3v) is 7.25. The van der Waals surface area contributed by atoms with Gasteiger partial charge in [-0.2, -0.15) is 0 Å². The number of hydrogen-bond acceptors (Lipinski definition) is 6. The van der Waals surface area contributed by atoms with E-state index in [-0.39, 0.29) is 36.6 Å². The van der Waals surface area contributed by atoms with E-state index in [0.29, 0.717) is 36.0 Å². The molecule has 9 heteroatoms. The summed E-state index contributed by atoms with van der Waals surface area (Å²) in [5.74, 6) is -0.238. The zero-order chi connectivity index (χ0) is 27.1. The average Bonchev–Trinajstić information content (AvgIpc) is 3.34. The van der Waals surface area contributed by atoms with Crippen LogP contribution < -0.4 is 10.2 Å². The lowest BCUT2D eigenvalue weighted by Crippen LogP contribution is -2.49. The van der Waals surface area contributed by atoms with Crippen molar-refractivity contribution in [2.45, 2.75) is 27.2 Å². The minimum atomic E-state index is -0.311. The van der Waals surface area contributed by atoms with Crippen molar-refractivity contribution >= 4 is 39.9 Å². The molecule has 0 aliphatic carbocycles. The van der Waals surface area contributed by atoms with Crippen LogP contribution >= 0.6 is 11.3 Å². The molecule has 38 heavy (non-hydrogen) atoms. The highest BCUT2D eigenvalue weighted by Crippen LogP contribution is 2.22. The third-order valence-electron chi connectivity index (χ3n) is 6.45. The molecule has 2 heterocycles. The van der Waals surface area contributed by atoms with Gasteiger partial charge in [0.1, 0.15) is 6.54 Å². The predicted molar refractivity (Wildman–Crippen MR) is 152 cm³/mol. The maximum atomic E-state index is 12.9. The molecule has 0 bridgehead atoms. The van der Waals surface area contributed by atoms with Crippen LogP contribution in [0, 0.1) is 12.8 Å². The molecule has 0 unspecified atom stereocenters. The molecule has 1 aliphatic rings. The second kappa shape index (κ2) is 12.7. The normalized spacial score (nSPS) is 13.5. The molecule has 0 atom stereocenters. The molecule has 4 rings (SSSR count). The van der Waals surface area contributed by atoms with E-state index in [2.05, 4.69) is 34.3 Å². The third kappa shape index (κ3) is 7.19. The van der Waals surface area contributed by atoms with Gasteiger partial charge in [-0.3, -0.25) is 14.4 Å². The van der Waals surface area contributed by atoms with E-state index >= 15 is 0 Å².